The molecule has 0 aromatic carbocycles. The van der Waals surface area contributed by atoms with Gasteiger partial charge in [-0.05, 0) is 13.8 Å². The van der Waals surface area contributed by atoms with Crippen LogP contribution in [-0.4, -0.2) is 15.4 Å². The molecule has 0 spiro atoms. The Morgan fingerprint density at radius 1 is 1.71 bits per heavy atom. The molecule has 0 aliphatic carbocycles. The van der Waals surface area contributed by atoms with Gasteiger partial charge in [0.2, 0.25) is 0 Å². The van der Waals surface area contributed by atoms with Crippen LogP contribution in [-0.2, 0) is 0 Å². The van der Waals surface area contributed by atoms with E-state index in [4.69, 9.17) is 11.5 Å². The Balaban J connectivity index is 3.13. The van der Waals surface area contributed by atoms with E-state index in [-0.39, 0.29) is 11.9 Å². The predicted molar refractivity (Wildman–Crippen MR) is 57.9 cm³/mol. The van der Waals surface area contributed by atoms with Crippen LogP contribution in [0.3, 0.4) is 0 Å². The first kappa shape index (κ1) is 10.3. The number of amidine groups is 1. The fourth-order valence-electron chi connectivity index (χ4n) is 1.14. The molecule has 0 saturated carbocycles. The van der Waals surface area contributed by atoms with Crippen LogP contribution < -0.4 is 11.5 Å². The highest BCUT2D eigenvalue weighted by Crippen LogP contribution is 2.15. The van der Waals surface area contributed by atoms with Crippen molar-refractivity contribution in [1.29, 1.82) is 0 Å². The average Bonchev–Trinajstić information content (AvgIpc) is 2.47. The molecule has 0 bridgehead atoms. The minimum Gasteiger partial charge on any atom is -0.383 e. The van der Waals surface area contributed by atoms with Gasteiger partial charge in [0.1, 0.15) is 11.5 Å². The fourth-order valence-corrected chi connectivity index (χ4v) is 1.14. The van der Waals surface area contributed by atoms with Crippen molar-refractivity contribution in [3.05, 3.63) is 24.8 Å². The van der Waals surface area contributed by atoms with Crippen molar-refractivity contribution < 1.29 is 0 Å². The molecule has 0 radical (unpaired) electrons. The summed E-state index contributed by atoms with van der Waals surface area (Å²) in [7, 11) is 0. The van der Waals surface area contributed by atoms with E-state index in [9.17, 15) is 0 Å². The third-order valence-corrected chi connectivity index (χ3v) is 1.86. The van der Waals surface area contributed by atoms with Gasteiger partial charge < -0.3 is 16.0 Å². The molecule has 0 fully saturated rings. The van der Waals surface area contributed by atoms with Gasteiger partial charge in [-0.1, -0.05) is 6.58 Å². The fraction of sp³-hybridized carbons (Fsp3) is 0.333. The number of anilines is 1. The number of nitrogen functional groups attached to an aromatic ring is 1. The summed E-state index contributed by atoms with van der Waals surface area (Å²) in [6.45, 7) is 7.49. The second-order valence-electron chi connectivity index (χ2n) is 3.18. The van der Waals surface area contributed by atoms with Crippen molar-refractivity contribution in [2.45, 2.75) is 19.9 Å². The quantitative estimate of drug-likeness (QED) is 0.552. The summed E-state index contributed by atoms with van der Waals surface area (Å²) in [5.41, 5.74) is 12.0. The highest BCUT2D eigenvalue weighted by molar-refractivity contribution is 5.99. The standard InChI is InChI=1S/C9H15N5/c1-4-12-8(10)7-9(11)14(5-13-7)6(2)3/h4-6H,1,11H2,2-3H3,(H2,10,12). The number of imidazole rings is 1. The topological polar surface area (TPSA) is 82.2 Å². The van der Waals surface area contributed by atoms with E-state index < -0.39 is 0 Å². The predicted octanol–water partition coefficient (Wildman–Crippen LogP) is 0.895. The lowest BCUT2D eigenvalue weighted by Gasteiger charge is -2.08. The molecule has 76 valence electrons. The summed E-state index contributed by atoms with van der Waals surface area (Å²) in [5.74, 6) is 0.819. The van der Waals surface area contributed by atoms with Crippen LogP contribution in [0.5, 0.6) is 0 Å². The van der Waals surface area contributed by atoms with Crippen LogP contribution in [0.15, 0.2) is 24.1 Å². The maximum absolute atomic E-state index is 5.84. The smallest absolute Gasteiger partial charge is 0.153 e. The van der Waals surface area contributed by atoms with Crippen molar-refractivity contribution in [2.75, 3.05) is 5.73 Å². The lowest BCUT2D eigenvalue weighted by Crippen LogP contribution is -2.16. The van der Waals surface area contributed by atoms with Gasteiger partial charge >= 0.3 is 0 Å². The second kappa shape index (κ2) is 3.95. The van der Waals surface area contributed by atoms with E-state index >= 15 is 0 Å². The molecule has 5 heteroatoms. The van der Waals surface area contributed by atoms with Gasteiger partial charge in [0.15, 0.2) is 5.84 Å². The lowest BCUT2D eigenvalue weighted by molar-refractivity contribution is 0.607. The zero-order valence-electron chi connectivity index (χ0n) is 8.44. The highest BCUT2D eigenvalue weighted by atomic mass is 15.1. The minimum atomic E-state index is 0.257. The summed E-state index contributed by atoms with van der Waals surface area (Å²) in [4.78, 5) is 7.92. The van der Waals surface area contributed by atoms with Crippen molar-refractivity contribution >= 4 is 11.7 Å². The summed E-state index contributed by atoms with van der Waals surface area (Å²) >= 11 is 0. The summed E-state index contributed by atoms with van der Waals surface area (Å²) < 4.78 is 1.83. The van der Waals surface area contributed by atoms with Crippen LogP contribution in [0.4, 0.5) is 5.82 Å². The van der Waals surface area contributed by atoms with E-state index in [1.165, 1.54) is 6.20 Å². The number of aliphatic imine (C=N–C) groups is 1. The maximum atomic E-state index is 5.84. The normalized spacial score (nSPS) is 12.1. The minimum absolute atomic E-state index is 0.257. The molecule has 1 aromatic heterocycles. The number of rotatable bonds is 3. The maximum Gasteiger partial charge on any atom is 0.153 e. The Morgan fingerprint density at radius 3 is 2.79 bits per heavy atom. The molecule has 5 nitrogen and oxygen atoms in total. The zero-order chi connectivity index (χ0) is 10.7. The lowest BCUT2D eigenvalue weighted by atomic mass is 10.3. The highest BCUT2D eigenvalue weighted by Gasteiger charge is 2.12. The number of hydrogen-bond acceptors (Lipinski definition) is 3. The third-order valence-electron chi connectivity index (χ3n) is 1.86. The van der Waals surface area contributed by atoms with Gasteiger partial charge in [-0.3, -0.25) is 0 Å². The first-order chi connectivity index (χ1) is 6.57. The summed E-state index contributed by atoms with van der Waals surface area (Å²) in [6, 6.07) is 0.257. The molecular weight excluding hydrogens is 178 g/mol. The van der Waals surface area contributed by atoms with E-state index in [0.29, 0.717) is 11.5 Å². The SMILES string of the molecule is C=C/N=C(/N)c1ncn(C(C)C)c1N. The van der Waals surface area contributed by atoms with E-state index in [2.05, 4.69) is 16.6 Å². The van der Waals surface area contributed by atoms with E-state index in [1.807, 2.05) is 18.4 Å². The average molecular weight is 193 g/mol. The Bertz CT molecular complexity index is 361. The third kappa shape index (κ3) is 1.76. The Morgan fingerprint density at radius 2 is 2.36 bits per heavy atom. The number of aromatic nitrogens is 2. The Kier molecular flexibility index (Phi) is 2.91. The van der Waals surface area contributed by atoms with Gasteiger partial charge in [-0.15, -0.1) is 0 Å². The molecule has 0 aliphatic heterocycles. The van der Waals surface area contributed by atoms with E-state index in [0.717, 1.165) is 0 Å². The number of nitrogens with zero attached hydrogens (tertiary/aromatic N) is 3. The molecular formula is C9H15N5. The van der Waals surface area contributed by atoms with Crippen molar-refractivity contribution in [1.82, 2.24) is 9.55 Å². The molecule has 0 atom stereocenters. The molecule has 4 N–H and O–H groups in total. The monoisotopic (exact) mass is 193 g/mol. The number of nitrogens with two attached hydrogens (primary N) is 2. The molecule has 1 rings (SSSR count). The van der Waals surface area contributed by atoms with Gasteiger partial charge in [0, 0.05) is 12.2 Å². The summed E-state index contributed by atoms with van der Waals surface area (Å²) in [5, 5.41) is 0. The van der Waals surface area contributed by atoms with Gasteiger partial charge in [-0.25, -0.2) is 9.98 Å². The first-order valence-corrected chi connectivity index (χ1v) is 4.34. The Labute approximate surface area is 83.1 Å². The molecule has 0 amide bonds. The van der Waals surface area contributed by atoms with Crippen LogP contribution in [0.1, 0.15) is 25.6 Å². The molecule has 0 aliphatic rings. The van der Waals surface area contributed by atoms with Gasteiger partial charge in [0.25, 0.3) is 0 Å². The molecule has 0 saturated heterocycles. The van der Waals surface area contributed by atoms with Crippen molar-refractivity contribution in [2.24, 2.45) is 10.7 Å². The van der Waals surface area contributed by atoms with Crippen LogP contribution in [0, 0.1) is 0 Å². The van der Waals surface area contributed by atoms with Gasteiger partial charge in [0.05, 0.1) is 6.33 Å². The second-order valence-corrected chi connectivity index (χ2v) is 3.18. The molecule has 0 unspecified atom stereocenters. The van der Waals surface area contributed by atoms with Crippen LogP contribution in [0.25, 0.3) is 0 Å². The Hall–Kier alpha value is -1.78. The van der Waals surface area contributed by atoms with E-state index in [1.54, 1.807) is 6.33 Å². The first-order valence-electron chi connectivity index (χ1n) is 4.34. The molecule has 14 heavy (non-hydrogen) atoms. The van der Waals surface area contributed by atoms with Crippen LogP contribution >= 0.6 is 0 Å². The largest absolute Gasteiger partial charge is 0.383 e. The molecule has 1 heterocycles. The number of hydrogen-bond donors (Lipinski definition) is 2. The van der Waals surface area contributed by atoms with Crippen molar-refractivity contribution in [3.63, 3.8) is 0 Å². The van der Waals surface area contributed by atoms with Gasteiger partial charge in [-0.2, -0.15) is 0 Å². The molecule has 1 aromatic rings. The summed E-state index contributed by atoms with van der Waals surface area (Å²) in [6.07, 6.45) is 3.02. The zero-order valence-corrected chi connectivity index (χ0v) is 8.44. The van der Waals surface area contributed by atoms with Crippen LogP contribution in [0.2, 0.25) is 0 Å². The van der Waals surface area contributed by atoms with Crippen molar-refractivity contribution in [3.8, 4) is 0 Å².